The number of aromatic nitrogens is 2. The number of halogens is 1. The molecule has 2 rings (SSSR count). The van der Waals surface area contributed by atoms with Crippen LogP contribution in [0.3, 0.4) is 0 Å². The molecule has 1 aliphatic rings. The third kappa shape index (κ3) is 2.06. The fourth-order valence-electron chi connectivity index (χ4n) is 2.09. The van der Waals surface area contributed by atoms with Gasteiger partial charge in [-0.15, -0.1) is 0 Å². The lowest BCUT2D eigenvalue weighted by atomic mass is 9.74. The monoisotopic (exact) mass is 285 g/mol. The number of hydrogen-bond acceptors (Lipinski definition) is 3. The van der Waals surface area contributed by atoms with Crippen LogP contribution in [0.4, 0.5) is 0 Å². The number of nitrogens with two attached hydrogens (primary N) is 1. The topological polar surface area (TPSA) is 60.9 Å². The van der Waals surface area contributed by atoms with Crippen LogP contribution in [0.2, 0.25) is 0 Å². The highest BCUT2D eigenvalue weighted by molar-refractivity contribution is 9.10. The molecule has 16 heavy (non-hydrogen) atoms. The quantitative estimate of drug-likeness (QED) is 0.862. The van der Waals surface area contributed by atoms with Crippen molar-refractivity contribution in [2.45, 2.75) is 44.7 Å². The van der Waals surface area contributed by atoms with E-state index in [-0.39, 0.29) is 11.3 Å². The smallest absolute Gasteiger partial charge is 0.183 e. The predicted octanol–water partition coefficient (Wildman–Crippen LogP) is 2.12. The molecule has 0 atom stereocenters. The van der Waals surface area contributed by atoms with Crippen molar-refractivity contribution in [1.82, 2.24) is 9.78 Å². The molecule has 1 aromatic heterocycles. The molecule has 1 aromatic rings. The van der Waals surface area contributed by atoms with E-state index in [2.05, 4.69) is 21.0 Å². The van der Waals surface area contributed by atoms with Gasteiger partial charge in [0, 0.05) is 18.5 Å². The summed E-state index contributed by atoms with van der Waals surface area (Å²) in [5, 5.41) is 4.14. The maximum Gasteiger partial charge on any atom is 0.183 e. The van der Waals surface area contributed by atoms with Crippen molar-refractivity contribution < 1.29 is 4.79 Å². The van der Waals surface area contributed by atoms with Crippen LogP contribution in [0.1, 0.15) is 43.1 Å². The normalized spacial score (nSPS) is 18.2. The first kappa shape index (κ1) is 11.8. The van der Waals surface area contributed by atoms with Crippen LogP contribution >= 0.6 is 15.9 Å². The molecule has 0 spiro atoms. The minimum absolute atomic E-state index is 0.0911. The molecule has 0 aliphatic heterocycles. The average molecular weight is 286 g/mol. The Balaban J connectivity index is 2.16. The molecule has 4 nitrogen and oxygen atoms in total. The Morgan fingerprint density at radius 2 is 2.38 bits per heavy atom. The largest absolute Gasteiger partial charge is 0.325 e. The van der Waals surface area contributed by atoms with E-state index >= 15 is 0 Å². The van der Waals surface area contributed by atoms with Crippen LogP contribution in [-0.2, 0) is 6.54 Å². The molecule has 0 bridgehead atoms. The molecule has 0 saturated heterocycles. The van der Waals surface area contributed by atoms with Crippen molar-refractivity contribution in [3.63, 3.8) is 0 Å². The minimum Gasteiger partial charge on any atom is -0.325 e. The highest BCUT2D eigenvalue weighted by Gasteiger charge is 2.36. The summed E-state index contributed by atoms with van der Waals surface area (Å²) < 4.78 is 2.48. The van der Waals surface area contributed by atoms with Crippen LogP contribution in [0.25, 0.3) is 0 Å². The molecule has 0 unspecified atom stereocenters. The highest BCUT2D eigenvalue weighted by Crippen LogP contribution is 2.33. The van der Waals surface area contributed by atoms with Gasteiger partial charge in [0.15, 0.2) is 5.78 Å². The second-order valence-corrected chi connectivity index (χ2v) is 5.33. The number of rotatable bonds is 4. The van der Waals surface area contributed by atoms with E-state index in [1.54, 1.807) is 10.9 Å². The maximum atomic E-state index is 12.1. The van der Waals surface area contributed by atoms with Crippen molar-refractivity contribution in [1.29, 1.82) is 0 Å². The fraction of sp³-hybridized carbons (Fsp3) is 0.636. The number of Topliss-reactive ketones (excluding diaryl/α,β-unsaturated/α-hetero) is 1. The van der Waals surface area contributed by atoms with Crippen LogP contribution in [-0.4, -0.2) is 21.1 Å². The van der Waals surface area contributed by atoms with Gasteiger partial charge < -0.3 is 5.73 Å². The van der Waals surface area contributed by atoms with Gasteiger partial charge in [-0.1, -0.05) is 0 Å². The second-order valence-electron chi connectivity index (χ2n) is 4.47. The number of aryl methyl sites for hydroxylation is 1. The van der Waals surface area contributed by atoms with Crippen LogP contribution < -0.4 is 5.73 Å². The predicted molar refractivity (Wildman–Crippen MR) is 65.3 cm³/mol. The first-order valence-corrected chi connectivity index (χ1v) is 6.38. The fourth-order valence-corrected chi connectivity index (χ4v) is 2.61. The van der Waals surface area contributed by atoms with E-state index in [9.17, 15) is 4.79 Å². The molecule has 1 aliphatic carbocycles. The van der Waals surface area contributed by atoms with Crippen LogP contribution in [0.5, 0.6) is 0 Å². The Morgan fingerprint density at radius 1 is 1.69 bits per heavy atom. The zero-order chi connectivity index (χ0) is 11.8. The molecule has 1 fully saturated rings. The standard InChI is InChI=1S/C11H16BrN3O/c1-2-15-10(8(12)7-14-15)9(16)6-11(13)4-3-5-11/h7H,2-6,13H2,1H3. The Hall–Kier alpha value is -0.680. The Morgan fingerprint density at radius 3 is 2.88 bits per heavy atom. The van der Waals surface area contributed by atoms with E-state index in [0.29, 0.717) is 18.7 Å². The lowest BCUT2D eigenvalue weighted by Crippen LogP contribution is -2.48. The summed E-state index contributed by atoms with van der Waals surface area (Å²) in [4.78, 5) is 12.1. The van der Waals surface area contributed by atoms with Crippen molar-refractivity contribution in [2.75, 3.05) is 0 Å². The molecule has 5 heteroatoms. The first-order valence-electron chi connectivity index (χ1n) is 5.59. The summed E-state index contributed by atoms with van der Waals surface area (Å²) in [5.74, 6) is 0.0911. The zero-order valence-corrected chi connectivity index (χ0v) is 11.0. The van der Waals surface area contributed by atoms with Gasteiger partial charge in [-0.2, -0.15) is 5.10 Å². The highest BCUT2D eigenvalue weighted by atomic mass is 79.9. The van der Waals surface area contributed by atoms with Crippen LogP contribution in [0, 0.1) is 0 Å². The summed E-state index contributed by atoms with van der Waals surface area (Å²) in [7, 11) is 0. The zero-order valence-electron chi connectivity index (χ0n) is 9.37. The molecule has 1 saturated carbocycles. The summed E-state index contributed by atoms with van der Waals surface area (Å²) in [6.07, 6.45) is 5.14. The number of ketones is 1. The van der Waals surface area contributed by atoms with E-state index < -0.39 is 0 Å². The first-order chi connectivity index (χ1) is 7.56. The van der Waals surface area contributed by atoms with Crippen molar-refractivity contribution in [3.8, 4) is 0 Å². The molecule has 1 heterocycles. The Kier molecular flexibility index (Phi) is 3.17. The van der Waals surface area contributed by atoms with Gasteiger partial charge in [0.25, 0.3) is 0 Å². The van der Waals surface area contributed by atoms with Gasteiger partial charge in [0.1, 0.15) is 5.69 Å². The molecular weight excluding hydrogens is 270 g/mol. The van der Waals surface area contributed by atoms with Crippen molar-refractivity contribution in [3.05, 3.63) is 16.4 Å². The van der Waals surface area contributed by atoms with Gasteiger partial charge in [-0.3, -0.25) is 9.48 Å². The lowest BCUT2D eigenvalue weighted by molar-refractivity contribution is 0.0901. The number of carbonyl (C=O) groups is 1. The molecule has 2 N–H and O–H groups in total. The summed E-state index contributed by atoms with van der Waals surface area (Å²) in [6, 6.07) is 0. The van der Waals surface area contributed by atoms with Crippen LogP contribution in [0.15, 0.2) is 10.7 Å². The summed E-state index contributed by atoms with van der Waals surface area (Å²) in [5.41, 5.74) is 6.47. The summed E-state index contributed by atoms with van der Waals surface area (Å²) >= 11 is 3.36. The Labute approximate surface area is 103 Å². The lowest BCUT2D eigenvalue weighted by Gasteiger charge is -2.37. The van der Waals surface area contributed by atoms with E-state index in [1.807, 2.05) is 6.92 Å². The van der Waals surface area contributed by atoms with Gasteiger partial charge >= 0.3 is 0 Å². The number of nitrogens with zero attached hydrogens (tertiary/aromatic N) is 2. The second kappa shape index (κ2) is 4.30. The van der Waals surface area contributed by atoms with E-state index in [1.165, 1.54) is 0 Å². The third-order valence-electron chi connectivity index (χ3n) is 3.22. The number of carbonyl (C=O) groups excluding carboxylic acids is 1. The molecule has 0 amide bonds. The van der Waals surface area contributed by atoms with E-state index in [4.69, 9.17) is 5.73 Å². The van der Waals surface area contributed by atoms with Gasteiger partial charge in [0.05, 0.1) is 10.7 Å². The maximum absolute atomic E-state index is 12.1. The minimum atomic E-state index is -0.265. The molecule has 88 valence electrons. The van der Waals surface area contributed by atoms with Gasteiger partial charge in [0.2, 0.25) is 0 Å². The van der Waals surface area contributed by atoms with Crippen molar-refractivity contribution in [2.24, 2.45) is 5.73 Å². The number of hydrogen-bond donors (Lipinski definition) is 1. The SMILES string of the molecule is CCn1ncc(Br)c1C(=O)CC1(N)CCC1. The molecular formula is C11H16BrN3O. The van der Waals surface area contributed by atoms with Gasteiger partial charge in [-0.25, -0.2) is 0 Å². The van der Waals surface area contributed by atoms with E-state index in [0.717, 1.165) is 23.7 Å². The average Bonchev–Trinajstić information content (AvgIpc) is 2.57. The third-order valence-corrected chi connectivity index (χ3v) is 3.80. The van der Waals surface area contributed by atoms with Crippen molar-refractivity contribution >= 4 is 21.7 Å². The van der Waals surface area contributed by atoms with Gasteiger partial charge in [-0.05, 0) is 42.1 Å². The summed E-state index contributed by atoms with van der Waals surface area (Å²) in [6.45, 7) is 2.67. The molecule has 0 radical (unpaired) electrons. The molecule has 0 aromatic carbocycles. The Bertz CT molecular complexity index is 409.